The molecule has 2 atom stereocenters. The number of allylic oxidation sites excluding steroid dienone is 2. The van der Waals surface area contributed by atoms with E-state index in [1.165, 1.54) is 23.0 Å². The molecule has 1 fully saturated rings. The van der Waals surface area contributed by atoms with Crippen molar-refractivity contribution in [1.29, 1.82) is 0 Å². The average molecular weight is 437 g/mol. The van der Waals surface area contributed by atoms with Crippen LogP contribution in [0.4, 0.5) is 0 Å². The second-order valence-electron chi connectivity index (χ2n) is 7.06. The lowest BCUT2D eigenvalue weighted by Crippen LogP contribution is -2.19. The zero-order chi connectivity index (χ0) is 20.5. The smallest absolute Gasteiger partial charge is 0.344 e. The van der Waals surface area contributed by atoms with Crippen molar-refractivity contribution < 1.29 is 19.1 Å². The Balaban J connectivity index is 1.47. The molecule has 2 bridgehead atoms. The van der Waals surface area contributed by atoms with Gasteiger partial charge in [0.15, 0.2) is 17.4 Å². The first-order valence-corrected chi connectivity index (χ1v) is 10.0. The number of ether oxygens (including phenoxy) is 2. The summed E-state index contributed by atoms with van der Waals surface area (Å²) in [6.45, 7) is 2.24. The van der Waals surface area contributed by atoms with Crippen molar-refractivity contribution in [2.24, 2.45) is 11.8 Å². The third-order valence-corrected chi connectivity index (χ3v) is 5.76. The van der Waals surface area contributed by atoms with Crippen molar-refractivity contribution in [1.82, 2.24) is 20.2 Å². The molecule has 2 aliphatic rings. The van der Waals surface area contributed by atoms with Gasteiger partial charge in [0.1, 0.15) is 12.4 Å². The fourth-order valence-corrected chi connectivity index (χ4v) is 4.18. The van der Waals surface area contributed by atoms with E-state index in [1.54, 1.807) is 6.92 Å². The second kappa shape index (κ2) is 8.12. The predicted molar refractivity (Wildman–Crippen MR) is 104 cm³/mol. The second-order valence-corrected chi connectivity index (χ2v) is 7.85. The van der Waals surface area contributed by atoms with Gasteiger partial charge in [-0.05, 0) is 43.5 Å². The molecule has 1 saturated carbocycles. The Labute approximate surface area is 176 Å². The number of nitrogens with zero attached hydrogens (tertiary/aromatic N) is 4. The summed E-state index contributed by atoms with van der Waals surface area (Å²) in [4.78, 5) is 26.1. The first-order chi connectivity index (χ1) is 13.9. The van der Waals surface area contributed by atoms with Crippen LogP contribution in [-0.4, -0.2) is 38.6 Å². The van der Waals surface area contributed by atoms with E-state index >= 15 is 0 Å². The van der Waals surface area contributed by atoms with E-state index in [9.17, 15) is 9.59 Å². The Morgan fingerprint density at radius 1 is 1.28 bits per heavy atom. The molecular weight excluding hydrogens is 419 g/mol. The molecule has 2 aliphatic carbocycles. The molecule has 1 heterocycles. The van der Waals surface area contributed by atoms with Gasteiger partial charge in [-0.2, -0.15) is 4.80 Å². The van der Waals surface area contributed by atoms with Gasteiger partial charge in [-0.1, -0.05) is 23.2 Å². The Morgan fingerprint density at radius 3 is 2.83 bits per heavy atom. The van der Waals surface area contributed by atoms with Crippen LogP contribution in [0.5, 0.6) is 5.75 Å². The van der Waals surface area contributed by atoms with E-state index in [0.717, 1.165) is 19.3 Å². The maximum absolute atomic E-state index is 12.7. The molecule has 4 rings (SSSR count). The number of carbonyl (C=O) groups is 2. The predicted octanol–water partition coefficient (Wildman–Crippen LogP) is 3.41. The zero-order valence-electron chi connectivity index (χ0n) is 15.6. The van der Waals surface area contributed by atoms with Crippen LogP contribution < -0.4 is 4.74 Å². The molecule has 0 N–H and O–H groups in total. The Bertz CT molecular complexity index is 1000. The van der Waals surface area contributed by atoms with Crippen LogP contribution in [0.25, 0.3) is 0 Å². The van der Waals surface area contributed by atoms with Crippen LogP contribution in [0, 0.1) is 18.8 Å². The highest BCUT2D eigenvalue weighted by Crippen LogP contribution is 2.42. The number of benzene rings is 1. The van der Waals surface area contributed by atoms with Crippen molar-refractivity contribution in [3.63, 3.8) is 0 Å². The van der Waals surface area contributed by atoms with Crippen LogP contribution in [0.1, 0.15) is 35.4 Å². The largest absolute Gasteiger partial charge is 0.488 e. The number of halogens is 2. The lowest BCUT2D eigenvalue weighted by atomic mass is 9.93. The number of aromatic nitrogens is 4. The zero-order valence-corrected chi connectivity index (χ0v) is 17.1. The van der Waals surface area contributed by atoms with Crippen LogP contribution in [0.15, 0.2) is 24.0 Å². The third-order valence-electron chi connectivity index (χ3n) is 5.09. The summed E-state index contributed by atoms with van der Waals surface area (Å²) in [5.41, 5.74) is 0.120. The van der Waals surface area contributed by atoms with E-state index in [4.69, 9.17) is 32.7 Å². The van der Waals surface area contributed by atoms with E-state index < -0.39 is 5.97 Å². The number of carbonyl (C=O) groups excluding carboxylic acids is 2. The number of tetrazole rings is 1. The molecule has 0 amide bonds. The van der Waals surface area contributed by atoms with Crippen LogP contribution in [0.3, 0.4) is 0 Å². The van der Waals surface area contributed by atoms with Crippen LogP contribution in [0.2, 0.25) is 10.0 Å². The SMILES string of the molecule is Cc1nnn(CCOc2c(Cl)ccc(C(=O)OC3=CC(=O)C4CCC3C4)c2Cl)n1. The molecule has 1 aromatic heterocycles. The molecular formula is C19H18Cl2N4O4. The molecule has 0 radical (unpaired) electrons. The van der Waals surface area contributed by atoms with Gasteiger partial charge in [0.2, 0.25) is 0 Å². The molecule has 8 nitrogen and oxygen atoms in total. The first kappa shape index (κ1) is 19.8. The third kappa shape index (κ3) is 4.13. The van der Waals surface area contributed by atoms with Crippen molar-refractivity contribution >= 4 is 35.0 Å². The standard InChI is InChI=1S/C19H18Cl2N4O4/c1-10-22-24-25(23-10)6-7-28-18-14(20)5-4-13(17(18)21)19(27)29-16-9-15(26)11-2-3-12(16)8-11/h4-5,9,11-12H,2-3,6-8H2,1H3. The fraction of sp³-hybridized carbons (Fsp3) is 0.421. The quantitative estimate of drug-likeness (QED) is 0.639. The highest BCUT2D eigenvalue weighted by molar-refractivity contribution is 6.39. The van der Waals surface area contributed by atoms with Gasteiger partial charge in [0.05, 0.1) is 22.2 Å². The lowest BCUT2D eigenvalue weighted by molar-refractivity contribution is -0.118. The topological polar surface area (TPSA) is 96.2 Å². The van der Waals surface area contributed by atoms with Gasteiger partial charge in [0, 0.05) is 17.9 Å². The number of fused-ring (bicyclic) bond motifs is 2. The molecule has 1 aromatic carbocycles. The summed E-state index contributed by atoms with van der Waals surface area (Å²) in [5, 5.41) is 12.0. The average Bonchev–Trinajstić information content (AvgIpc) is 3.30. The molecule has 2 aromatic rings. The number of rotatable bonds is 6. The number of ketones is 1. The monoisotopic (exact) mass is 436 g/mol. The highest BCUT2D eigenvalue weighted by atomic mass is 35.5. The number of hydrogen-bond acceptors (Lipinski definition) is 7. The molecule has 0 saturated heterocycles. The van der Waals surface area contributed by atoms with Crippen LogP contribution >= 0.6 is 23.2 Å². The highest BCUT2D eigenvalue weighted by Gasteiger charge is 2.38. The Hall–Kier alpha value is -2.45. The van der Waals surface area contributed by atoms with Crippen molar-refractivity contribution in [2.75, 3.05) is 6.61 Å². The van der Waals surface area contributed by atoms with Crippen LogP contribution in [-0.2, 0) is 16.1 Å². The van der Waals surface area contributed by atoms with Gasteiger partial charge in [0.25, 0.3) is 0 Å². The Morgan fingerprint density at radius 2 is 2.07 bits per heavy atom. The van der Waals surface area contributed by atoms with Crippen molar-refractivity contribution in [3.8, 4) is 5.75 Å². The number of hydrogen-bond donors (Lipinski definition) is 0. The molecule has 0 aliphatic heterocycles. The van der Waals surface area contributed by atoms with Crippen molar-refractivity contribution in [2.45, 2.75) is 32.7 Å². The van der Waals surface area contributed by atoms with E-state index in [1.807, 2.05) is 0 Å². The molecule has 2 unspecified atom stereocenters. The van der Waals surface area contributed by atoms with Crippen molar-refractivity contribution in [3.05, 3.63) is 45.4 Å². The fourth-order valence-electron chi connectivity index (χ4n) is 3.62. The van der Waals surface area contributed by atoms with E-state index in [2.05, 4.69) is 15.4 Å². The van der Waals surface area contributed by atoms with Gasteiger partial charge < -0.3 is 9.47 Å². The summed E-state index contributed by atoms with van der Waals surface area (Å²) in [5.74, 6) is 0.671. The molecule has 10 heteroatoms. The Kier molecular flexibility index (Phi) is 5.56. The minimum Gasteiger partial charge on any atom is -0.488 e. The number of esters is 1. The van der Waals surface area contributed by atoms with Gasteiger partial charge >= 0.3 is 5.97 Å². The number of aryl methyl sites for hydroxylation is 1. The van der Waals surface area contributed by atoms with Gasteiger partial charge in [-0.25, -0.2) is 4.79 Å². The van der Waals surface area contributed by atoms with E-state index in [-0.39, 0.29) is 45.6 Å². The van der Waals surface area contributed by atoms with E-state index in [0.29, 0.717) is 18.1 Å². The molecule has 152 valence electrons. The lowest BCUT2D eigenvalue weighted by Gasteiger charge is -2.19. The summed E-state index contributed by atoms with van der Waals surface area (Å²) >= 11 is 12.6. The summed E-state index contributed by atoms with van der Waals surface area (Å²) in [6, 6.07) is 2.99. The first-order valence-electron chi connectivity index (χ1n) is 9.25. The molecule has 29 heavy (non-hydrogen) atoms. The molecule has 0 spiro atoms. The maximum atomic E-state index is 12.7. The normalized spacial score (nSPS) is 20.5. The summed E-state index contributed by atoms with van der Waals surface area (Å²) in [6.07, 6.45) is 3.85. The minimum atomic E-state index is -0.644. The summed E-state index contributed by atoms with van der Waals surface area (Å²) in [7, 11) is 0. The maximum Gasteiger partial charge on any atom is 0.344 e. The summed E-state index contributed by atoms with van der Waals surface area (Å²) < 4.78 is 11.2. The van der Waals surface area contributed by atoms with Gasteiger partial charge in [-0.15, -0.1) is 10.2 Å². The minimum absolute atomic E-state index is 0.0183. The van der Waals surface area contributed by atoms with Gasteiger partial charge in [-0.3, -0.25) is 4.79 Å².